The fraction of sp³-hybridized carbons (Fsp3) is 0.0833. The Balaban J connectivity index is 2.29. The third kappa shape index (κ3) is 1.85. The largest absolute Gasteiger partial charge is 0.398 e. The number of rotatable bonds is 1. The average Bonchev–Trinajstić information content (AvgIpc) is 2.76. The van der Waals surface area contributed by atoms with Crippen molar-refractivity contribution in [2.45, 2.75) is 6.92 Å². The van der Waals surface area contributed by atoms with Gasteiger partial charge in [-0.15, -0.1) is 0 Å². The van der Waals surface area contributed by atoms with E-state index < -0.39 is 5.82 Å². The van der Waals surface area contributed by atoms with E-state index in [0.717, 1.165) is 0 Å². The summed E-state index contributed by atoms with van der Waals surface area (Å²) in [6.07, 6.45) is 0. The Labute approximate surface area is 106 Å². The van der Waals surface area contributed by atoms with Crippen LogP contribution in [-0.4, -0.2) is 19.6 Å². The van der Waals surface area contributed by atoms with Crippen LogP contribution >= 0.6 is 0 Å². The van der Waals surface area contributed by atoms with Gasteiger partial charge in [0.2, 0.25) is 0 Å². The number of aromatic nitrogens is 4. The van der Waals surface area contributed by atoms with Crippen LogP contribution in [0.4, 0.5) is 10.1 Å². The molecule has 0 spiro atoms. The molecule has 3 rings (SSSR count). The van der Waals surface area contributed by atoms with Gasteiger partial charge in [-0.05, 0) is 25.1 Å². The predicted octanol–water partition coefficient (Wildman–Crippen LogP) is 1.11. The summed E-state index contributed by atoms with van der Waals surface area (Å²) >= 11 is 0. The van der Waals surface area contributed by atoms with Gasteiger partial charge in [0.1, 0.15) is 5.82 Å². The molecule has 0 aliphatic carbocycles. The number of hydrogen-bond donors (Lipinski definition) is 2. The summed E-state index contributed by atoms with van der Waals surface area (Å²) < 4.78 is 14.4. The number of fused-ring (bicyclic) bond motifs is 1. The van der Waals surface area contributed by atoms with Crippen LogP contribution in [0.2, 0.25) is 0 Å². The molecule has 0 atom stereocenters. The normalized spacial score (nSPS) is 11.1. The number of nitrogens with zero attached hydrogens (tertiary/aromatic N) is 3. The highest BCUT2D eigenvalue weighted by Crippen LogP contribution is 2.23. The molecule has 0 aliphatic rings. The number of hydrogen-bond acceptors (Lipinski definition) is 4. The molecule has 0 radical (unpaired) electrons. The van der Waals surface area contributed by atoms with Crippen molar-refractivity contribution in [1.29, 1.82) is 0 Å². The minimum absolute atomic E-state index is 0.226. The van der Waals surface area contributed by atoms with Gasteiger partial charge in [0, 0.05) is 23.0 Å². The van der Waals surface area contributed by atoms with Crippen LogP contribution in [0.25, 0.3) is 17.2 Å². The number of nitrogens with two attached hydrogens (primary N) is 1. The molecule has 6 nitrogen and oxygen atoms in total. The smallest absolute Gasteiger partial charge is 0.274 e. The fourth-order valence-electron chi connectivity index (χ4n) is 1.85. The minimum Gasteiger partial charge on any atom is -0.398 e. The summed E-state index contributed by atoms with van der Waals surface area (Å²) in [5.41, 5.74) is 6.82. The number of aromatic amines is 1. The first kappa shape index (κ1) is 11.4. The van der Waals surface area contributed by atoms with E-state index in [1.165, 1.54) is 28.8 Å². The van der Waals surface area contributed by atoms with Crippen molar-refractivity contribution in [3.05, 3.63) is 46.1 Å². The molecule has 1 aromatic carbocycles. The van der Waals surface area contributed by atoms with E-state index in [-0.39, 0.29) is 11.3 Å². The number of nitrogens with one attached hydrogen (secondary N) is 1. The number of anilines is 1. The maximum Gasteiger partial charge on any atom is 0.274 e. The van der Waals surface area contributed by atoms with Gasteiger partial charge in [0.15, 0.2) is 5.82 Å². The summed E-state index contributed by atoms with van der Waals surface area (Å²) in [6, 6.07) is 5.34. The molecular weight excluding hydrogens is 249 g/mol. The highest BCUT2D eigenvalue weighted by atomic mass is 19.1. The zero-order chi connectivity index (χ0) is 13.6. The quantitative estimate of drug-likeness (QED) is 0.641. The van der Waals surface area contributed by atoms with E-state index in [1.54, 1.807) is 6.92 Å². The molecule has 96 valence electrons. The van der Waals surface area contributed by atoms with E-state index in [2.05, 4.69) is 15.1 Å². The Bertz CT molecular complexity index is 836. The molecule has 3 N–H and O–H groups in total. The van der Waals surface area contributed by atoms with Gasteiger partial charge in [0.25, 0.3) is 11.3 Å². The molecule has 0 saturated carbocycles. The van der Waals surface area contributed by atoms with Crippen LogP contribution in [0.5, 0.6) is 0 Å². The zero-order valence-corrected chi connectivity index (χ0v) is 10.0. The molecule has 0 aliphatic heterocycles. The molecule has 7 heteroatoms. The fourth-order valence-corrected chi connectivity index (χ4v) is 1.85. The van der Waals surface area contributed by atoms with E-state index in [1.807, 2.05) is 0 Å². The van der Waals surface area contributed by atoms with Crippen molar-refractivity contribution in [1.82, 2.24) is 19.6 Å². The summed E-state index contributed by atoms with van der Waals surface area (Å²) in [5, 5.41) is 2.76. The van der Waals surface area contributed by atoms with Crippen LogP contribution in [0.15, 0.2) is 29.1 Å². The van der Waals surface area contributed by atoms with Crippen molar-refractivity contribution in [3.8, 4) is 11.4 Å². The van der Waals surface area contributed by atoms with E-state index in [4.69, 9.17) is 5.73 Å². The van der Waals surface area contributed by atoms with Gasteiger partial charge in [-0.1, -0.05) is 0 Å². The van der Waals surface area contributed by atoms with Gasteiger partial charge in [-0.2, -0.15) is 9.50 Å². The third-order valence-electron chi connectivity index (χ3n) is 2.73. The summed E-state index contributed by atoms with van der Waals surface area (Å²) in [6.45, 7) is 1.70. The third-order valence-corrected chi connectivity index (χ3v) is 2.73. The Kier molecular flexibility index (Phi) is 2.34. The van der Waals surface area contributed by atoms with Gasteiger partial charge in [-0.3, -0.25) is 9.89 Å². The maximum absolute atomic E-state index is 13.3. The molecule has 2 aromatic heterocycles. The Hall–Kier alpha value is -2.70. The second-order valence-electron chi connectivity index (χ2n) is 4.17. The predicted molar refractivity (Wildman–Crippen MR) is 68.2 cm³/mol. The van der Waals surface area contributed by atoms with Gasteiger partial charge >= 0.3 is 0 Å². The maximum atomic E-state index is 13.3. The van der Waals surface area contributed by atoms with E-state index in [9.17, 15) is 9.18 Å². The molecule has 0 unspecified atom stereocenters. The molecule has 0 saturated heterocycles. The van der Waals surface area contributed by atoms with Gasteiger partial charge in [-0.25, -0.2) is 9.37 Å². The molecule has 0 bridgehead atoms. The van der Waals surface area contributed by atoms with Gasteiger partial charge in [0.05, 0.1) is 0 Å². The van der Waals surface area contributed by atoms with Crippen molar-refractivity contribution < 1.29 is 4.39 Å². The SMILES string of the molecule is Cc1cc(=O)n2[nH]c(-c3cc(F)ccc3N)nc2n1. The standard InChI is InChI=1S/C12H10FN5O/c1-6-4-10(19)18-12(15-6)16-11(17-18)8-5-7(13)2-3-9(8)14/h2-5H,14H2,1H3,(H,15,16,17). The average molecular weight is 259 g/mol. The number of nitrogen functional groups attached to an aromatic ring is 1. The van der Waals surface area contributed by atoms with Crippen LogP contribution in [0.1, 0.15) is 5.69 Å². The monoisotopic (exact) mass is 259 g/mol. The van der Waals surface area contributed by atoms with E-state index >= 15 is 0 Å². The molecule has 0 amide bonds. The molecule has 19 heavy (non-hydrogen) atoms. The van der Waals surface area contributed by atoms with Crippen LogP contribution in [0, 0.1) is 12.7 Å². The summed E-state index contributed by atoms with van der Waals surface area (Å²) in [5.74, 6) is 0.0944. The first-order valence-corrected chi connectivity index (χ1v) is 5.56. The van der Waals surface area contributed by atoms with Crippen molar-refractivity contribution in [2.24, 2.45) is 0 Å². The van der Waals surface area contributed by atoms with Gasteiger partial charge < -0.3 is 5.73 Å². The number of benzene rings is 1. The number of H-pyrrole nitrogens is 1. The lowest BCUT2D eigenvalue weighted by Crippen LogP contribution is -2.14. The summed E-state index contributed by atoms with van der Waals surface area (Å²) in [7, 11) is 0. The van der Waals surface area contributed by atoms with Crippen molar-refractivity contribution >= 4 is 11.5 Å². The second-order valence-corrected chi connectivity index (χ2v) is 4.17. The zero-order valence-electron chi connectivity index (χ0n) is 10.0. The first-order chi connectivity index (χ1) is 9.04. The van der Waals surface area contributed by atoms with Crippen molar-refractivity contribution in [3.63, 3.8) is 0 Å². The van der Waals surface area contributed by atoms with Crippen LogP contribution < -0.4 is 11.3 Å². The van der Waals surface area contributed by atoms with E-state index in [0.29, 0.717) is 22.8 Å². The second kappa shape index (κ2) is 3.91. The number of aryl methyl sites for hydroxylation is 1. The lowest BCUT2D eigenvalue weighted by Gasteiger charge is -2.01. The Morgan fingerprint density at radius 2 is 2.11 bits per heavy atom. The van der Waals surface area contributed by atoms with Crippen LogP contribution in [-0.2, 0) is 0 Å². The number of halogens is 1. The summed E-state index contributed by atoms with van der Waals surface area (Å²) in [4.78, 5) is 20.0. The first-order valence-electron chi connectivity index (χ1n) is 5.56. The minimum atomic E-state index is -0.429. The molecule has 2 heterocycles. The topological polar surface area (TPSA) is 89.1 Å². The Morgan fingerprint density at radius 1 is 1.32 bits per heavy atom. The Morgan fingerprint density at radius 3 is 2.89 bits per heavy atom. The highest BCUT2D eigenvalue weighted by molar-refractivity contribution is 5.72. The lowest BCUT2D eigenvalue weighted by molar-refractivity contribution is 0.628. The molecule has 0 fully saturated rings. The molecule has 3 aromatic rings. The van der Waals surface area contributed by atoms with Crippen LogP contribution in [0.3, 0.4) is 0 Å². The molecular formula is C12H10FN5O. The highest BCUT2D eigenvalue weighted by Gasteiger charge is 2.11. The van der Waals surface area contributed by atoms with Crippen molar-refractivity contribution in [2.75, 3.05) is 5.73 Å². The lowest BCUT2D eigenvalue weighted by atomic mass is 10.1.